The zero-order valence-corrected chi connectivity index (χ0v) is 15.4. The highest BCUT2D eigenvalue weighted by Gasteiger charge is 2.31. The molecule has 25 heavy (non-hydrogen) atoms. The van der Waals surface area contributed by atoms with Gasteiger partial charge in [0.05, 0.1) is 0 Å². The third-order valence-corrected chi connectivity index (χ3v) is 4.55. The van der Waals surface area contributed by atoms with Gasteiger partial charge in [0.1, 0.15) is 6.04 Å². The Morgan fingerprint density at radius 2 is 1.84 bits per heavy atom. The van der Waals surface area contributed by atoms with Crippen LogP contribution in [0.25, 0.3) is 0 Å². The van der Waals surface area contributed by atoms with Gasteiger partial charge < -0.3 is 15.5 Å². The lowest BCUT2D eigenvalue weighted by molar-refractivity contribution is -0.143. The lowest BCUT2D eigenvalue weighted by Gasteiger charge is -2.34. The monoisotopic (exact) mass is 345 g/mol. The second-order valence-corrected chi connectivity index (χ2v) is 6.62. The van der Waals surface area contributed by atoms with Gasteiger partial charge in [-0.3, -0.25) is 14.4 Å². The van der Waals surface area contributed by atoms with Crippen molar-refractivity contribution in [1.29, 1.82) is 0 Å². The normalized spacial score (nSPS) is 17.2. The standard InChI is InChI=1S/C19H27N3O3/c1-5-15-19(25)20-8-9-22(15)17(24)7-6-16(23)21-18-13(3)10-12(2)11-14(18)4/h10-11,15H,5-9H2,1-4H3,(H,20,25)(H,21,23)/t15-/m0/s1. The smallest absolute Gasteiger partial charge is 0.242 e. The average Bonchev–Trinajstić information content (AvgIpc) is 2.55. The van der Waals surface area contributed by atoms with E-state index < -0.39 is 6.04 Å². The fraction of sp³-hybridized carbons (Fsp3) is 0.526. The molecular weight excluding hydrogens is 318 g/mol. The molecule has 0 radical (unpaired) electrons. The molecule has 0 aromatic heterocycles. The molecule has 0 spiro atoms. The van der Waals surface area contributed by atoms with Crippen LogP contribution in [0.4, 0.5) is 5.69 Å². The Bertz CT molecular complexity index is 661. The average molecular weight is 345 g/mol. The SMILES string of the molecule is CC[C@H]1C(=O)NCCN1C(=O)CCC(=O)Nc1c(C)cc(C)cc1C. The van der Waals surface area contributed by atoms with E-state index in [9.17, 15) is 14.4 Å². The molecule has 1 aliphatic rings. The molecule has 1 aromatic carbocycles. The first-order valence-corrected chi connectivity index (χ1v) is 8.78. The molecule has 1 aromatic rings. The summed E-state index contributed by atoms with van der Waals surface area (Å²) in [7, 11) is 0. The van der Waals surface area contributed by atoms with Gasteiger partial charge in [0.2, 0.25) is 17.7 Å². The number of hydrogen-bond acceptors (Lipinski definition) is 3. The minimum atomic E-state index is -0.425. The van der Waals surface area contributed by atoms with Gasteiger partial charge in [-0.15, -0.1) is 0 Å². The first-order valence-electron chi connectivity index (χ1n) is 8.78. The number of anilines is 1. The molecule has 1 heterocycles. The van der Waals surface area contributed by atoms with Gasteiger partial charge >= 0.3 is 0 Å². The van der Waals surface area contributed by atoms with E-state index in [0.29, 0.717) is 19.5 Å². The summed E-state index contributed by atoms with van der Waals surface area (Å²) in [5.74, 6) is -0.440. The summed E-state index contributed by atoms with van der Waals surface area (Å²) >= 11 is 0. The minimum absolute atomic E-state index is 0.111. The van der Waals surface area contributed by atoms with Gasteiger partial charge in [-0.25, -0.2) is 0 Å². The van der Waals surface area contributed by atoms with Crippen LogP contribution in [-0.4, -0.2) is 41.8 Å². The van der Waals surface area contributed by atoms with E-state index in [1.807, 2.05) is 39.8 Å². The van der Waals surface area contributed by atoms with Crippen LogP contribution in [0, 0.1) is 20.8 Å². The number of nitrogens with one attached hydrogen (secondary N) is 2. The zero-order valence-electron chi connectivity index (χ0n) is 15.4. The van der Waals surface area contributed by atoms with Gasteiger partial charge in [-0.05, 0) is 38.3 Å². The Morgan fingerprint density at radius 1 is 1.20 bits per heavy atom. The van der Waals surface area contributed by atoms with Crippen LogP contribution in [0.3, 0.4) is 0 Å². The van der Waals surface area contributed by atoms with E-state index in [4.69, 9.17) is 0 Å². The highest BCUT2D eigenvalue weighted by atomic mass is 16.2. The van der Waals surface area contributed by atoms with Crippen LogP contribution in [0.5, 0.6) is 0 Å². The third kappa shape index (κ3) is 4.59. The number of carbonyl (C=O) groups is 3. The summed E-state index contributed by atoms with van der Waals surface area (Å²) in [6.45, 7) is 8.78. The molecular formula is C19H27N3O3. The summed E-state index contributed by atoms with van der Waals surface area (Å²) in [6.07, 6.45) is 0.797. The maximum absolute atomic E-state index is 12.4. The second kappa shape index (κ2) is 8.14. The highest BCUT2D eigenvalue weighted by molar-refractivity contribution is 5.95. The van der Waals surface area contributed by atoms with Gasteiger partial charge in [-0.2, -0.15) is 0 Å². The van der Waals surface area contributed by atoms with Gasteiger partial charge in [-0.1, -0.05) is 24.6 Å². The molecule has 136 valence electrons. The van der Waals surface area contributed by atoms with Crippen molar-refractivity contribution < 1.29 is 14.4 Å². The summed E-state index contributed by atoms with van der Waals surface area (Å²) < 4.78 is 0. The van der Waals surface area contributed by atoms with E-state index in [1.165, 1.54) is 0 Å². The highest BCUT2D eigenvalue weighted by Crippen LogP contribution is 2.22. The predicted molar refractivity (Wildman–Crippen MR) is 97.3 cm³/mol. The number of piperazine rings is 1. The predicted octanol–water partition coefficient (Wildman–Crippen LogP) is 2.07. The van der Waals surface area contributed by atoms with E-state index in [-0.39, 0.29) is 30.6 Å². The zero-order chi connectivity index (χ0) is 18.6. The second-order valence-electron chi connectivity index (χ2n) is 6.62. The number of carbonyl (C=O) groups excluding carboxylic acids is 3. The van der Waals surface area contributed by atoms with Crippen molar-refractivity contribution >= 4 is 23.4 Å². The maximum Gasteiger partial charge on any atom is 0.242 e. The Labute approximate surface area is 149 Å². The molecule has 1 aliphatic heterocycles. The summed E-state index contributed by atoms with van der Waals surface area (Å²) in [5.41, 5.74) is 3.98. The molecule has 0 saturated carbocycles. The number of rotatable bonds is 5. The molecule has 1 saturated heterocycles. The summed E-state index contributed by atoms with van der Waals surface area (Å²) in [4.78, 5) is 38.1. The number of amides is 3. The van der Waals surface area contributed by atoms with Gasteiger partial charge in [0.25, 0.3) is 0 Å². The lowest BCUT2D eigenvalue weighted by Crippen LogP contribution is -2.56. The van der Waals surface area contributed by atoms with Crippen molar-refractivity contribution in [2.45, 2.75) is 53.0 Å². The lowest BCUT2D eigenvalue weighted by atomic mass is 10.0. The fourth-order valence-corrected chi connectivity index (χ4v) is 3.36. The Balaban J connectivity index is 1.93. The summed E-state index contributed by atoms with van der Waals surface area (Å²) in [6, 6.07) is 3.61. The van der Waals surface area contributed by atoms with Crippen molar-refractivity contribution in [1.82, 2.24) is 10.2 Å². The van der Waals surface area contributed by atoms with E-state index >= 15 is 0 Å². The fourth-order valence-electron chi connectivity index (χ4n) is 3.36. The van der Waals surface area contributed by atoms with Gasteiger partial charge in [0.15, 0.2) is 0 Å². The van der Waals surface area contributed by atoms with E-state index in [1.54, 1.807) is 4.90 Å². The van der Waals surface area contributed by atoms with Crippen LogP contribution in [-0.2, 0) is 14.4 Å². The van der Waals surface area contributed by atoms with E-state index in [2.05, 4.69) is 10.6 Å². The molecule has 0 aliphatic carbocycles. The minimum Gasteiger partial charge on any atom is -0.353 e. The molecule has 2 N–H and O–H groups in total. The molecule has 1 fully saturated rings. The van der Waals surface area contributed by atoms with Crippen LogP contribution < -0.4 is 10.6 Å². The van der Waals surface area contributed by atoms with Crippen LogP contribution in [0.1, 0.15) is 42.9 Å². The first-order chi connectivity index (χ1) is 11.8. The number of hydrogen-bond donors (Lipinski definition) is 2. The molecule has 2 rings (SSSR count). The number of nitrogens with zero attached hydrogens (tertiary/aromatic N) is 1. The molecule has 6 nitrogen and oxygen atoms in total. The molecule has 6 heteroatoms. The van der Waals surface area contributed by atoms with Crippen molar-refractivity contribution in [3.8, 4) is 0 Å². The quantitative estimate of drug-likeness (QED) is 0.857. The van der Waals surface area contributed by atoms with Crippen LogP contribution in [0.2, 0.25) is 0 Å². The largest absolute Gasteiger partial charge is 0.353 e. The molecule has 3 amide bonds. The van der Waals surface area contributed by atoms with Crippen molar-refractivity contribution in [2.24, 2.45) is 0 Å². The van der Waals surface area contributed by atoms with Crippen LogP contribution in [0.15, 0.2) is 12.1 Å². The topological polar surface area (TPSA) is 78.5 Å². The van der Waals surface area contributed by atoms with Crippen molar-refractivity contribution in [3.63, 3.8) is 0 Å². The Hall–Kier alpha value is -2.37. The van der Waals surface area contributed by atoms with Crippen molar-refractivity contribution in [2.75, 3.05) is 18.4 Å². The molecule has 1 atom stereocenters. The summed E-state index contributed by atoms with van der Waals surface area (Å²) in [5, 5.41) is 5.68. The van der Waals surface area contributed by atoms with E-state index in [0.717, 1.165) is 22.4 Å². The van der Waals surface area contributed by atoms with Gasteiger partial charge in [0, 0.05) is 31.6 Å². The number of aryl methyl sites for hydroxylation is 3. The maximum atomic E-state index is 12.4. The van der Waals surface area contributed by atoms with Crippen molar-refractivity contribution in [3.05, 3.63) is 28.8 Å². The third-order valence-electron chi connectivity index (χ3n) is 4.55. The number of benzene rings is 1. The Morgan fingerprint density at radius 3 is 2.44 bits per heavy atom. The van der Waals surface area contributed by atoms with Crippen LogP contribution >= 0.6 is 0 Å². The first kappa shape index (κ1) is 19.0. The molecule has 0 unspecified atom stereocenters. The molecule has 0 bridgehead atoms. The Kier molecular flexibility index (Phi) is 6.17.